The number of carbonyl (C=O) groups is 1. The Morgan fingerprint density at radius 1 is 1.47 bits per heavy atom. The molecule has 0 amide bonds. The molecule has 0 spiro atoms. The number of carbonyl (C=O) groups excluding carboxylic acids is 1. The van der Waals surface area contributed by atoms with Gasteiger partial charge in [0.05, 0.1) is 7.11 Å². The highest BCUT2D eigenvalue weighted by molar-refractivity contribution is 5.76. The van der Waals surface area contributed by atoms with Gasteiger partial charge < -0.3 is 14.7 Å². The summed E-state index contributed by atoms with van der Waals surface area (Å²) in [6.07, 6.45) is -1.21. The maximum Gasteiger partial charge on any atom is 0.339 e. The molecular formula is C11H15NO3. The number of methoxy groups -OCH3 is 1. The lowest BCUT2D eigenvalue weighted by Gasteiger charge is -2.15. The first-order valence-corrected chi connectivity index (χ1v) is 4.59. The van der Waals surface area contributed by atoms with E-state index in [0.29, 0.717) is 5.56 Å². The van der Waals surface area contributed by atoms with Gasteiger partial charge in [0.15, 0.2) is 6.10 Å². The molecule has 82 valence electrons. The lowest BCUT2D eigenvalue weighted by molar-refractivity contribution is -0.150. The Morgan fingerprint density at radius 2 is 2.13 bits per heavy atom. The van der Waals surface area contributed by atoms with Crippen LogP contribution in [0.2, 0.25) is 0 Å². The highest BCUT2D eigenvalue weighted by Crippen LogP contribution is 2.19. The van der Waals surface area contributed by atoms with E-state index in [1.54, 1.807) is 18.2 Å². The maximum atomic E-state index is 11.1. The smallest absolute Gasteiger partial charge is 0.339 e. The van der Waals surface area contributed by atoms with Crippen LogP contribution < -0.4 is 4.90 Å². The Balaban J connectivity index is 2.95. The van der Waals surface area contributed by atoms with Crippen molar-refractivity contribution in [1.82, 2.24) is 0 Å². The molecule has 0 aliphatic heterocycles. The molecule has 0 bridgehead atoms. The van der Waals surface area contributed by atoms with Crippen LogP contribution in [0, 0.1) is 0 Å². The van der Waals surface area contributed by atoms with Gasteiger partial charge in [0.25, 0.3) is 0 Å². The van der Waals surface area contributed by atoms with Crippen molar-refractivity contribution < 1.29 is 14.6 Å². The number of esters is 1. The molecule has 1 aromatic rings. The summed E-state index contributed by atoms with van der Waals surface area (Å²) in [7, 11) is 5.04. The maximum absolute atomic E-state index is 11.1. The molecule has 0 saturated carbocycles. The number of ether oxygens (including phenoxy) is 1. The molecule has 1 rings (SSSR count). The number of hydrogen-bond donors (Lipinski definition) is 1. The fourth-order valence-corrected chi connectivity index (χ4v) is 1.22. The molecule has 15 heavy (non-hydrogen) atoms. The summed E-state index contributed by atoms with van der Waals surface area (Å²) in [5.74, 6) is -0.647. The van der Waals surface area contributed by atoms with Crippen LogP contribution in [0.4, 0.5) is 5.69 Å². The summed E-state index contributed by atoms with van der Waals surface area (Å²) in [6, 6.07) is 7.13. The van der Waals surface area contributed by atoms with Crippen molar-refractivity contribution in [1.29, 1.82) is 0 Å². The Bertz CT molecular complexity index is 349. The van der Waals surface area contributed by atoms with Gasteiger partial charge in [-0.2, -0.15) is 0 Å². The predicted molar refractivity (Wildman–Crippen MR) is 57.7 cm³/mol. The molecule has 1 N–H and O–H groups in total. The summed E-state index contributed by atoms with van der Waals surface area (Å²) < 4.78 is 4.46. The summed E-state index contributed by atoms with van der Waals surface area (Å²) in [5.41, 5.74) is 1.46. The number of aliphatic hydroxyl groups excluding tert-OH is 1. The lowest BCUT2D eigenvalue weighted by Crippen LogP contribution is -2.14. The van der Waals surface area contributed by atoms with Crippen LogP contribution in [0.25, 0.3) is 0 Å². The Kier molecular flexibility index (Phi) is 3.68. The molecule has 1 atom stereocenters. The number of aliphatic hydroxyl groups is 1. The van der Waals surface area contributed by atoms with Gasteiger partial charge in [-0.05, 0) is 17.7 Å². The van der Waals surface area contributed by atoms with Gasteiger partial charge >= 0.3 is 5.97 Å². The summed E-state index contributed by atoms with van der Waals surface area (Å²) >= 11 is 0. The van der Waals surface area contributed by atoms with Gasteiger partial charge in [0.1, 0.15) is 0 Å². The molecule has 0 aromatic heterocycles. The van der Waals surface area contributed by atoms with Crippen molar-refractivity contribution in [3.8, 4) is 0 Å². The van der Waals surface area contributed by atoms with Gasteiger partial charge in [-0.25, -0.2) is 4.79 Å². The van der Waals surface area contributed by atoms with Gasteiger partial charge in [0.2, 0.25) is 0 Å². The summed E-state index contributed by atoms with van der Waals surface area (Å²) in [5, 5.41) is 9.60. The quantitative estimate of drug-likeness (QED) is 0.753. The summed E-state index contributed by atoms with van der Waals surface area (Å²) in [4.78, 5) is 13.0. The van der Waals surface area contributed by atoms with Crippen LogP contribution in [0.5, 0.6) is 0 Å². The Morgan fingerprint density at radius 3 is 2.67 bits per heavy atom. The van der Waals surface area contributed by atoms with Crippen molar-refractivity contribution in [2.45, 2.75) is 6.10 Å². The zero-order valence-electron chi connectivity index (χ0n) is 9.10. The fourth-order valence-electron chi connectivity index (χ4n) is 1.22. The topological polar surface area (TPSA) is 49.8 Å². The second kappa shape index (κ2) is 4.79. The van der Waals surface area contributed by atoms with Crippen LogP contribution in [-0.4, -0.2) is 32.3 Å². The third kappa shape index (κ3) is 2.70. The minimum atomic E-state index is -1.21. The van der Waals surface area contributed by atoms with Crippen molar-refractivity contribution in [3.05, 3.63) is 29.8 Å². The van der Waals surface area contributed by atoms with E-state index in [0.717, 1.165) is 5.69 Å². The van der Waals surface area contributed by atoms with Gasteiger partial charge in [0, 0.05) is 19.8 Å². The van der Waals surface area contributed by atoms with E-state index in [2.05, 4.69) is 4.74 Å². The predicted octanol–water partition coefficient (Wildman–Crippen LogP) is 0.959. The second-order valence-electron chi connectivity index (χ2n) is 3.42. The molecule has 0 saturated heterocycles. The molecule has 0 radical (unpaired) electrons. The van der Waals surface area contributed by atoms with Crippen LogP contribution in [0.3, 0.4) is 0 Å². The molecule has 0 fully saturated rings. The highest BCUT2D eigenvalue weighted by atomic mass is 16.5. The Hall–Kier alpha value is -1.55. The standard InChI is InChI=1S/C11H15NO3/c1-12(2)9-6-4-5-8(7-9)10(13)11(14)15-3/h4-7,10,13H,1-3H3. The fraction of sp³-hybridized carbons (Fsp3) is 0.364. The van der Waals surface area contributed by atoms with Crippen molar-refractivity contribution in [3.63, 3.8) is 0 Å². The Labute approximate surface area is 89.1 Å². The number of nitrogens with zero attached hydrogens (tertiary/aromatic N) is 1. The molecule has 4 heteroatoms. The minimum Gasteiger partial charge on any atom is -0.467 e. The van der Waals surface area contributed by atoms with Gasteiger partial charge in [-0.15, -0.1) is 0 Å². The zero-order valence-corrected chi connectivity index (χ0v) is 9.10. The number of rotatable bonds is 3. The zero-order chi connectivity index (χ0) is 11.4. The van der Waals surface area contributed by atoms with Crippen LogP contribution >= 0.6 is 0 Å². The molecule has 0 aliphatic rings. The van der Waals surface area contributed by atoms with Crippen molar-refractivity contribution in [2.24, 2.45) is 0 Å². The summed E-state index contributed by atoms with van der Waals surface area (Å²) in [6.45, 7) is 0. The van der Waals surface area contributed by atoms with Crippen molar-refractivity contribution >= 4 is 11.7 Å². The molecule has 0 heterocycles. The van der Waals surface area contributed by atoms with Gasteiger partial charge in [-0.3, -0.25) is 0 Å². The molecule has 0 aliphatic carbocycles. The van der Waals surface area contributed by atoms with Crippen molar-refractivity contribution in [2.75, 3.05) is 26.1 Å². The van der Waals surface area contributed by atoms with E-state index in [4.69, 9.17) is 0 Å². The molecule has 4 nitrogen and oxygen atoms in total. The first-order valence-electron chi connectivity index (χ1n) is 4.59. The van der Waals surface area contributed by atoms with E-state index >= 15 is 0 Å². The van der Waals surface area contributed by atoms with E-state index in [1.807, 2.05) is 25.1 Å². The second-order valence-corrected chi connectivity index (χ2v) is 3.42. The number of benzene rings is 1. The lowest BCUT2D eigenvalue weighted by atomic mass is 10.1. The highest BCUT2D eigenvalue weighted by Gasteiger charge is 2.17. The van der Waals surface area contributed by atoms with E-state index in [9.17, 15) is 9.90 Å². The minimum absolute atomic E-state index is 0.535. The average molecular weight is 209 g/mol. The van der Waals surface area contributed by atoms with E-state index < -0.39 is 12.1 Å². The average Bonchev–Trinajstić information content (AvgIpc) is 2.27. The third-order valence-electron chi connectivity index (χ3n) is 2.13. The molecule has 1 unspecified atom stereocenters. The first-order chi connectivity index (χ1) is 7.06. The largest absolute Gasteiger partial charge is 0.467 e. The SMILES string of the molecule is COC(=O)C(O)c1cccc(N(C)C)c1. The number of hydrogen-bond acceptors (Lipinski definition) is 4. The normalized spacial score (nSPS) is 12.0. The van der Waals surface area contributed by atoms with E-state index in [-0.39, 0.29) is 0 Å². The third-order valence-corrected chi connectivity index (χ3v) is 2.13. The first kappa shape index (κ1) is 11.5. The van der Waals surface area contributed by atoms with Gasteiger partial charge in [-0.1, -0.05) is 12.1 Å². The van der Waals surface area contributed by atoms with Crippen LogP contribution in [-0.2, 0) is 9.53 Å². The molecule has 1 aromatic carbocycles. The number of anilines is 1. The monoisotopic (exact) mass is 209 g/mol. The molecular weight excluding hydrogens is 194 g/mol. The van der Waals surface area contributed by atoms with E-state index in [1.165, 1.54) is 7.11 Å². The van der Waals surface area contributed by atoms with Crippen LogP contribution in [0.15, 0.2) is 24.3 Å². The van der Waals surface area contributed by atoms with Crippen LogP contribution in [0.1, 0.15) is 11.7 Å².